The second-order valence-electron chi connectivity index (χ2n) is 9.17. The first kappa shape index (κ1) is 25.9. The van der Waals surface area contributed by atoms with Crippen LogP contribution < -0.4 is 21.1 Å². The van der Waals surface area contributed by atoms with Gasteiger partial charge < -0.3 is 21.1 Å². The van der Waals surface area contributed by atoms with Gasteiger partial charge in [-0.2, -0.15) is 0 Å². The summed E-state index contributed by atoms with van der Waals surface area (Å²) in [5.41, 5.74) is 12.4. The molecule has 0 aliphatic carbocycles. The zero-order chi connectivity index (χ0) is 27.7. The lowest BCUT2D eigenvalue weighted by atomic mass is 9.95. The smallest absolute Gasteiger partial charge is 0.267 e. The molecule has 0 unspecified atom stereocenters. The molecule has 5 aromatic rings. The van der Waals surface area contributed by atoms with Crippen molar-refractivity contribution in [2.24, 2.45) is 0 Å². The number of nitrogens with two attached hydrogens (primary N) is 1. The molecule has 5 rings (SSSR count). The van der Waals surface area contributed by atoms with Gasteiger partial charge in [-0.05, 0) is 62.7 Å². The molecule has 0 aliphatic heterocycles. The van der Waals surface area contributed by atoms with Crippen molar-refractivity contribution >= 4 is 50.4 Å². The van der Waals surface area contributed by atoms with E-state index in [0.29, 0.717) is 54.6 Å². The molecule has 0 saturated carbocycles. The average Bonchev–Trinajstić information content (AvgIpc) is 3.26. The first-order valence-corrected chi connectivity index (χ1v) is 13.1. The quantitative estimate of drug-likeness (QED) is 0.231. The summed E-state index contributed by atoms with van der Waals surface area (Å²) in [5.74, 6) is 0.000998. The summed E-state index contributed by atoms with van der Waals surface area (Å²) < 4.78 is 5.19. The summed E-state index contributed by atoms with van der Waals surface area (Å²) in [4.78, 5) is 36.9. The van der Waals surface area contributed by atoms with E-state index in [4.69, 9.17) is 15.5 Å². The van der Waals surface area contributed by atoms with Crippen LogP contribution in [-0.4, -0.2) is 28.9 Å². The van der Waals surface area contributed by atoms with Gasteiger partial charge in [0.15, 0.2) is 0 Å². The van der Waals surface area contributed by atoms with E-state index in [2.05, 4.69) is 15.6 Å². The number of rotatable bonds is 6. The number of thiophene rings is 1. The summed E-state index contributed by atoms with van der Waals surface area (Å²) in [6.45, 7) is 5.73. The van der Waals surface area contributed by atoms with E-state index in [1.54, 1.807) is 56.8 Å². The summed E-state index contributed by atoms with van der Waals surface area (Å²) in [6, 6.07) is 16.5. The molecule has 0 radical (unpaired) electrons. The predicted octanol–water partition coefficient (Wildman–Crippen LogP) is 6.38. The fourth-order valence-corrected chi connectivity index (χ4v) is 5.56. The van der Waals surface area contributed by atoms with Crippen LogP contribution in [-0.2, 0) is 0 Å². The zero-order valence-corrected chi connectivity index (χ0v) is 22.8. The number of anilines is 3. The molecule has 0 aliphatic rings. The molecular formula is C30H27N5O3S. The van der Waals surface area contributed by atoms with Crippen LogP contribution in [0.3, 0.4) is 0 Å². The van der Waals surface area contributed by atoms with E-state index in [-0.39, 0.29) is 17.5 Å². The Balaban J connectivity index is 1.63. The highest BCUT2D eigenvalue weighted by Gasteiger charge is 2.27. The van der Waals surface area contributed by atoms with Gasteiger partial charge in [0.2, 0.25) is 0 Å². The number of methoxy groups -OCH3 is 1. The normalized spacial score (nSPS) is 10.9. The topological polar surface area (TPSA) is 119 Å². The molecule has 2 amide bonds. The molecule has 0 spiro atoms. The van der Waals surface area contributed by atoms with Crippen molar-refractivity contribution in [1.82, 2.24) is 9.97 Å². The molecular weight excluding hydrogens is 510 g/mol. The van der Waals surface area contributed by atoms with E-state index >= 15 is 0 Å². The Morgan fingerprint density at radius 2 is 1.74 bits per heavy atom. The third-order valence-corrected chi connectivity index (χ3v) is 7.52. The number of hydrogen-bond donors (Lipinski definition) is 3. The second-order valence-corrected chi connectivity index (χ2v) is 10.2. The molecule has 0 saturated heterocycles. The minimum atomic E-state index is -0.364. The largest absolute Gasteiger partial charge is 0.497 e. The number of fused-ring (bicyclic) bond motifs is 1. The number of carbonyl (C=O) groups excluding carboxylic acids is 2. The van der Waals surface area contributed by atoms with E-state index < -0.39 is 0 Å². The van der Waals surface area contributed by atoms with Crippen molar-refractivity contribution in [3.05, 3.63) is 94.3 Å². The Morgan fingerprint density at radius 3 is 2.41 bits per heavy atom. The van der Waals surface area contributed by atoms with Crippen LogP contribution in [0, 0.1) is 20.8 Å². The van der Waals surface area contributed by atoms with Crippen molar-refractivity contribution in [3.8, 4) is 16.9 Å². The van der Waals surface area contributed by atoms with Gasteiger partial charge in [-0.3, -0.25) is 14.6 Å². The highest BCUT2D eigenvalue weighted by molar-refractivity contribution is 7.21. The van der Waals surface area contributed by atoms with Crippen LogP contribution in [0.25, 0.3) is 21.3 Å². The van der Waals surface area contributed by atoms with Gasteiger partial charge in [-0.1, -0.05) is 23.8 Å². The number of carbonyl (C=O) groups is 2. The standard InChI is InChI=1S/C30H27N5O3S/c1-16-7-12-22(17(2)14-16)35-28(36)23-18(3)33-30-25(24(23)19-6-5-13-32-15-19)26(31)27(39-30)29(37)34-20-8-10-21(38-4)11-9-20/h5-15H,31H2,1-4H3,(H,34,37)(H,35,36). The molecule has 9 heteroatoms. The Hall–Kier alpha value is -4.76. The van der Waals surface area contributed by atoms with Crippen molar-refractivity contribution in [2.75, 3.05) is 23.5 Å². The first-order valence-electron chi connectivity index (χ1n) is 12.2. The number of ether oxygens (including phenoxy) is 1. The number of aromatic nitrogens is 2. The lowest BCUT2D eigenvalue weighted by Crippen LogP contribution is -2.17. The van der Waals surface area contributed by atoms with Gasteiger partial charge in [-0.15, -0.1) is 11.3 Å². The Kier molecular flexibility index (Phi) is 7.00. The van der Waals surface area contributed by atoms with Gasteiger partial charge in [0.1, 0.15) is 15.5 Å². The van der Waals surface area contributed by atoms with Crippen LogP contribution in [0.2, 0.25) is 0 Å². The fraction of sp³-hybridized carbons (Fsp3) is 0.133. The minimum absolute atomic E-state index is 0.257. The van der Waals surface area contributed by atoms with Crippen LogP contribution in [0.15, 0.2) is 67.0 Å². The molecule has 0 bridgehead atoms. The van der Waals surface area contributed by atoms with E-state index in [0.717, 1.165) is 11.1 Å². The molecule has 0 atom stereocenters. The summed E-state index contributed by atoms with van der Waals surface area (Å²) in [6.07, 6.45) is 3.34. The third kappa shape index (κ3) is 5.04. The Morgan fingerprint density at radius 1 is 0.974 bits per heavy atom. The number of hydrogen-bond acceptors (Lipinski definition) is 7. The predicted molar refractivity (Wildman–Crippen MR) is 157 cm³/mol. The number of pyridine rings is 2. The van der Waals surface area contributed by atoms with Crippen molar-refractivity contribution in [3.63, 3.8) is 0 Å². The highest BCUT2D eigenvalue weighted by atomic mass is 32.1. The summed E-state index contributed by atoms with van der Waals surface area (Å²) >= 11 is 1.19. The van der Waals surface area contributed by atoms with E-state index in [1.165, 1.54) is 11.3 Å². The molecule has 196 valence electrons. The lowest BCUT2D eigenvalue weighted by molar-refractivity contribution is 0.102. The molecule has 3 aromatic heterocycles. The minimum Gasteiger partial charge on any atom is -0.497 e. The Labute approximate surface area is 229 Å². The third-order valence-electron chi connectivity index (χ3n) is 6.42. The average molecular weight is 538 g/mol. The number of nitrogen functional groups attached to an aromatic ring is 1. The second kappa shape index (κ2) is 10.5. The SMILES string of the molecule is COc1ccc(NC(=O)c2sc3nc(C)c(C(=O)Nc4ccc(C)cc4C)c(-c4cccnc4)c3c2N)cc1. The molecule has 2 aromatic carbocycles. The van der Waals surface area contributed by atoms with E-state index in [9.17, 15) is 9.59 Å². The van der Waals surface area contributed by atoms with Gasteiger partial charge in [0.05, 0.1) is 24.1 Å². The monoisotopic (exact) mass is 537 g/mol. The molecule has 4 N–H and O–H groups in total. The van der Waals surface area contributed by atoms with Gasteiger partial charge in [-0.25, -0.2) is 4.98 Å². The molecule has 8 nitrogen and oxygen atoms in total. The maximum atomic E-state index is 13.8. The number of nitrogens with one attached hydrogen (secondary N) is 2. The number of amides is 2. The van der Waals surface area contributed by atoms with Gasteiger partial charge >= 0.3 is 0 Å². The zero-order valence-electron chi connectivity index (χ0n) is 22.0. The first-order chi connectivity index (χ1) is 18.8. The summed E-state index contributed by atoms with van der Waals surface area (Å²) in [5, 5.41) is 6.46. The molecule has 0 fully saturated rings. The van der Waals surface area contributed by atoms with Crippen molar-refractivity contribution < 1.29 is 14.3 Å². The fourth-order valence-electron chi connectivity index (χ4n) is 4.51. The van der Waals surface area contributed by atoms with Crippen molar-refractivity contribution in [1.29, 1.82) is 0 Å². The molecule has 39 heavy (non-hydrogen) atoms. The number of nitrogens with zero attached hydrogens (tertiary/aromatic N) is 2. The van der Waals surface area contributed by atoms with Crippen LogP contribution >= 0.6 is 11.3 Å². The highest BCUT2D eigenvalue weighted by Crippen LogP contribution is 2.42. The maximum absolute atomic E-state index is 13.8. The number of benzene rings is 2. The van der Waals surface area contributed by atoms with E-state index in [1.807, 2.05) is 38.1 Å². The maximum Gasteiger partial charge on any atom is 0.267 e. The van der Waals surface area contributed by atoms with Gasteiger partial charge in [0.25, 0.3) is 11.8 Å². The van der Waals surface area contributed by atoms with Gasteiger partial charge in [0, 0.05) is 40.3 Å². The van der Waals surface area contributed by atoms with Crippen LogP contribution in [0.5, 0.6) is 5.75 Å². The lowest BCUT2D eigenvalue weighted by Gasteiger charge is -2.16. The summed E-state index contributed by atoms with van der Waals surface area (Å²) in [7, 11) is 1.58. The Bertz CT molecular complexity index is 1710. The van der Waals surface area contributed by atoms with Crippen LogP contribution in [0.4, 0.5) is 17.1 Å². The van der Waals surface area contributed by atoms with Crippen molar-refractivity contribution in [2.45, 2.75) is 20.8 Å². The van der Waals surface area contributed by atoms with Crippen LogP contribution in [0.1, 0.15) is 36.9 Å². The molecule has 3 heterocycles. The number of aryl methyl sites for hydroxylation is 3.